The molecule has 4 heavy (non-hydrogen) atoms. The molecule has 0 amide bonds. The molecule has 23 valence electrons. The quantitative estimate of drug-likeness (QED) is 0.390. The second-order valence-electron chi connectivity index (χ2n) is 0.977. The summed E-state index contributed by atoms with van der Waals surface area (Å²) in [5.41, 5.74) is 0. The molecule has 0 saturated carbocycles. The van der Waals surface area contributed by atoms with E-state index in [-0.39, 0.29) is 5.92 Å². The van der Waals surface area contributed by atoms with Crippen molar-refractivity contribution >= 4 is 0 Å². The predicted octanol–water partition coefficient (Wildman–Crippen LogP) is 1.17. The number of rotatable bonds is 0. The van der Waals surface area contributed by atoms with E-state index in [4.69, 9.17) is 6.92 Å². The van der Waals surface area contributed by atoms with Gasteiger partial charge in [-0.15, -0.1) is 0 Å². The molecule has 0 N–H and O–H groups in total. The van der Waals surface area contributed by atoms with Crippen molar-refractivity contribution in [1.29, 1.82) is 0 Å². The molecule has 0 aromatic rings. The molecule has 0 aromatic carbocycles. The Morgan fingerprint density at radius 3 is 2.00 bits per heavy atom. The summed E-state index contributed by atoms with van der Waals surface area (Å²) in [6.45, 7) is 10.2. The van der Waals surface area contributed by atoms with Crippen molar-refractivity contribution in [3.63, 3.8) is 0 Å². The van der Waals surface area contributed by atoms with Gasteiger partial charge in [-0.25, -0.2) is 0 Å². The summed E-state index contributed by atoms with van der Waals surface area (Å²) in [5.74, 6) is 0.0833. The average Bonchev–Trinajstić information content (AvgIpc) is 0.811. The van der Waals surface area contributed by atoms with Gasteiger partial charge < -0.3 is 0 Å². The minimum Gasteiger partial charge on any atom is -0.0622 e. The van der Waals surface area contributed by atoms with Crippen LogP contribution in [0.2, 0.25) is 0 Å². The fourth-order valence-electron chi connectivity index (χ4n) is 0. The largest absolute Gasteiger partial charge is 0.0622 e. The third-order valence-corrected chi connectivity index (χ3v) is 0. The van der Waals surface area contributed by atoms with Crippen molar-refractivity contribution in [2.24, 2.45) is 5.92 Å². The topological polar surface area (TPSA) is 0 Å². The summed E-state index contributed by atoms with van der Waals surface area (Å²) < 4.78 is 0. The van der Waals surface area contributed by atoms with Gasteiger partial charge >= 0.3 is 0 Å². The lowest BCUT2D eigenvalue weighted by Gasteiger charge is -1.78. The van der Waals surface area contributed by atoms with Crippen LogP contribution in [-0.4, -0.2) is 0 Å². The highest BCUT2D eigenvalue weighted by Gasteiger charge is 1.69. The van der Waals surface area contributed by atoms with E-state index in [1.807, 2.05) is 6.92 Å². The van der Waals surface area contributed by atoms with Crippen LogP contribution in [0.4, 0.5) is 0 Å². The van der Waals surface area contributed by atoms with Crippen LogP contribution in [0.5, 0.6) is 0 Å². The van der Waals surface area contributed by atoms with Gasteiger partial charge in [0.05, 0.1) is 0 Å². The Balaban J connectivity index is 2.32. The lowest BCUT2D eigenvalue weighted by atomic mass is 10.3. The van der Waals surface area contributed by atoms with E-state index in [2.05, 4.69) is 6.92 Å². The van der Waals surface area contributed by atoms with E-state index < -0.39 is 0 Å². The zero-order valence-electron chi connectivity index (χ0n) is 2.86. The fourth-order valence-corrected chi connectivity index (χ4v) is 0. The predicted molar refractivity (Wildman–Crippen MR) is 18.8 cm³/mol. The van der Waals surface area contributed by atoms with Crippen molar-refractivity contribution in [3.8, 4) is 0 Å². The monoisotopic (exact) mass is 55.1 g/mol. The Bertz CT molecular complexity index is 4.75. The number of hydrogen-bond donors (Lipinski definition) is 0. The minimum atomic E-state index is 0.0833. The molecule has 0 saturated heterocycles. The lowest BCUT2D eigenvalue weighted by molar-refractivity contribution is 0.932. The molecular formula is C4H7. The third-order valence-electron chi connectivity index (χ3n) is 0. The average molecular weight is 55.1 g/mol. The Labute approximate surface area is 27.8 Å². The lowest BCUT2D eigenvalue weighted by Crippen LogP contribution is -1.68. The molecule has 1 atom stereocenters. The highest BCUT2D eigenvalue weighted by atomic mass is 13.7. The molecule has 0 spiro atoms. The van der Waals surface area contributed by atoms with Crippen LogP contribution in [0.15, 0.2) is 0 Å². The van der Waals surface area contributed by atoms with Crippen LogP contribution < -0.4 is 0 Å². The summed E-state index contributed by atoms with van der Waals surface area (Å²) in [6, 6.07) is 0. The highest BCUT2D eigenvalue weighted by Crippen LogP contribution is 1.79. The van der Waals surface area contributed by atoms with Crippen LogP contribution in [-0.2, 0) is 0 Å². The Morgan fingerprint density at radius 1 is 2.00 bits per heavy atom. The van der Waals surface area contributed by atoms with Crippen molar-refractivity contribution in [3.05, 3.63) is 13.8 Å². The van der Waals surface area contributed by atoms with Crippen LogP contribution in [0.1, 0.15) is 6.92 Å². The third kappa shape index (κ3) is 0. The van der Waals surface area contributed by atoms with Gasteiger partial charge in [-0.2, -0.15) is 0 Å². The zero-order valence-corrected chi connectivity index (χ0v) is 2.86. The van der Waals surface area contributed by atoms with Crippen LogP contribution in [0.25, 0.3) is 0 Å². The molecule has 0 aliphatic rings. The SMILES string of the molecule is [CH]C([CH2])C. The van der Waals surface area contributed by atoms with E-state index in [0.29, 0.717) is 0 Å². The molecule has 0 bridgehead atoms. The molecule has 0 aliphatic carbocycles. The highest BCUT2D eigenvalue weighted by molar-refractivity contribution is 4.51. The van der Waals surface area contributed by atoms with E-state index in [9.17, 15) is 0 Å². The van der Waals surface area contributed by atoms with Crippen molar-refractivity contribution in [1.82, 2.24) is 0 Å². The van der Waals surface area contributed by atoms with E-state index in [1.54, 1.807) is 0 Å². The van der Waals surface area contributed by atoms with Crippen LogP contribution >= 0.6 is 0 Å². The molecule has 0 aliphatic heterocycles. The van der Waals surface area contributed by atoms with Crippen molar-refractivity contribution < 1.29 is 0 Å². The zero-order chi connectivity index (χ0) is 3.58. The van der Waals surface area contributed by atoms with Crippen LogP contribution in [0.3, 0.4) is 0 Å². The number of hydrogen-bond acceptors (Lipinski definition) is 0. The van der Waals surface area contributed by atoms with Gasteiger partial charge in [0, 0.05) is 0 Å². The minimum absolute atomic E-state index is 0.0833. The molecule has 0 rings (SSSR count). The maximum Gasteiger partial charge on any atom is -0.0321 e. The molecular weight excluding hydrogens is 48.0 g/mol. The summed E-state index contributed by atoms with van der Waals surface area (Å²) >= 11 is 0. The normalized spacial score (nSPS) is 9.00. The van der Waals surface area contributed by atoms with Crippen molar-refractivity contribution in [2.75, 3.05) is 0 Å². The summed E-state index contributed by atoms with van der Waals surface area (Å²) in [5, 5.41) is 0. The van der Waals surface area contributed by atoms with Crippen molar-refractivity contribution in [2.45, 2.75) is 6.92 Å². The first-order valence-corrected chi connectivity index (χ1v) is 1.32. The Hall–Kier alpha value is 0. The van der Waals surface area contributed by atoms with Gasteiger partial charge in [-0.05, 0) is 12.8 Å². The van der Waals surface area contributed by atoms with E-state index in [1.165, 1.54) is 0 Å². The molecule has 0 aromatic heterocycles. The smallest absolute Gasteiger partial charge is 0.0321 e. The van der Waals surface area contributed by atoms with E-state index in [0.717, 1.165) is 0 Å². The van der Waals surface area contributed by atoms with Gasteiger partial charge in [0.25, 0.3) is 0 Å². The van der Waals surface area contributed by atoms with Gasteiger partial charge in [0.2, 0.25) is 0 Å². The molecule has 0 nitrogen and oxygen atoms in total. The maximum atomic E-state index is 5.00. The maximum absolute atomic E-state index is 5.00. The van der Waals surface area contributed by atoms with Gasteiger partial charge in [0.15, 0.2) is 0 Å². The fraction of sp³-hybridized carbons (Fsp3) is 0.500. The Morgan fingerprint density at radius 2 is 2.00 bits per heavy atom. The summed E-state index contributed by atoms with van der Waals surface area (Å²) in [4.78, 5) is 0. The summed E-state index contributed by atoms with van der Waals surface area (Å²) in [7, 11) is 0. The van der Waals surface area contributed by atoms with Gasteiger partial charge in [0.1, 0.15) is 0 Å². The first kappa shape index (κ1) is 4.00. The second kappa shape index (κ2) is 1.33. The van der Waals surface area contributed by atoms with Gasteiger partial charge in [-0.3, -0.25) is 0 Å². The summed E-state index contributed by atoms with van der Waals surface area (Å²) in [6.07, 6.45) is 0. The standard InChI is InChI=1S/C4H7/c1-4(2)3/h1,4H,2H2,3H3. The molecule has 0 heteroatoms. The first-order valence-electron chi connectivity index (χ1n) is 1.32. The van der Waals surface area contributed by atoms with E-state index >= 15 is 0 Å². The molecule has 0 heterocycles. The molecule has 0 fully saturated rings. The van der Waals surface area contributed by atoms with Gasteiger partial charge in [-0.1, -0.05) is 13.8 Å². The second-order valence-corrected chi connectivity index (χ2v) is 0.977. The first-order chi connectivity index (χ1) is 1.73. The molecule has 3 radical (unpaired) electrons. The molecule has 1 unspecified atom stereocenters. The van der Waals surface area contributed by atoms with Crippen LogP contribution in [0, 0.1) is 19.8 Å². The Kier molecular flexibility index (Phi) is 1.33.